The molecule has 0 amide bonds. The van der Waals surface area contributed by atoms with Crippen LogP contribution < -0.4 is 0 Å². The van der Waals surface area contributed by atoms with Gasteiger partial charge in [-0.05, 0) is 66.4 Å². The molecule has 0 spiro atoms. The zero-order valence-electron chi connectivity index (χ0n) is 15.9. The normalized spacial score (nSPS) is 13.4. The standard InChI is InChI=1S/C24H25Br/c1-23(2,3)17-9-14-7-8-15-10-18(24(4,5)6)13-19-20(25)12-16(11-17)21(14)22(15)19/h7-13H,1-6H3. The number of hydrogen-bond donors (Lipinski definition) is 0. The van der Waals surface area contributed by atoms with Gasteiger partial charge < -0.3 is 0 Å². The highest BCUT2D eigenvalue weighted by molar-refractivity contribution is 9.10. The monoisotopic (exact) mass is 392 g/mol. The minimum Gasteiger partial charge on any atom is -0.0561 e. The van der Waals surface area contributed by atoms with Crippen LogP contribution in [0.1, 0.15) is 52.7 Å². The SMILES string of the molecule is CC(C)(C)c1cc2ccc3cc(C(C)(C)C)cc4c(Br)cc(c1)c2c34. The third kappa shape index (κ3) is 2.64. The summed E-state index contributed by atoms with van der Waals surface area (Å²) in [4.78, 5) is 0. The molecule has 4 aromatic rings. The largest absolute Gasteiger partial charge is 0.0561 e. The van der Waals surface area contributed by atoms with Gasteiger partial charge in [-0.25, -0.2) is 0 Å². The van der Waals surface area contributed by atoms with E-state index in [-0.39, 0.29) is 10.8 Å². The molecule has 25 heavy (non-hydrogen) atoms. The van der Waals surface area contributed by atoms with E-state index in [2.05, 4.69) is 99.9 Å². The Morgan fingerprint density at radius 3 is 1.64 bits per heavy atom. The molecule has 0 fully saturated rings. The van der Waals surface area contributed by atoms with Crippen molar-refractivity contribution < 1.29 is 0 Å². The Hall–Kier alpha value is -1.60. The topological polar surface area (TPSA) is 0 Å². The smallest absolute Gasteiger partial charge is 0.0260 e. The van der Waals surface area contributed by atoms with Crippen molar-refractivity contribution >= 4 is 48.2 Å². The van der Waals surface area contributed by atoms with Crippen molar-refractivity contribution in [2.24, 2.45) is 0 Å². The Balaban J connectivity index is 2.19. The zero-order chi connectivity index (χ0) is 18.1. The molecular formula is C24H25Br. The van der Waals surface area contributed by atoms with Gasteiger partial charge in [0.25, 0.3) is 0 Å². The molecule has 4 aromatic carbocycles. The van der Waals surface area contributed by atoms with Crippen LogP contribution in [0.4, 0.5) is 0 Å². The summed E-state index contributed by atoms with van der Waals surface area (Å²) in [5, 5.41) is 8.11. The highest BCUT2D eigenvalue weighted by atomic mass is 79.9. The molecule has 0 bridgehead atoms. The van der Waals surface area contributed by atoms with Gasteiger partial charge in [0, 0.05) is 4.47 Å². The fraction of sp³-hybridized carbons (Fsp3) is 0.333. The fourth-order valence-electron chi connectivity index (χ4n) is 3.74. The van der Waals surface area contributed by atoms with Crippen LogP contribution in [-0.4, -0.2) is 0 Å². The number of hydrogen-bond acceptors (Lipinski definition) is 0. The minimum atomic E-state index is 0.142. The van der Waals surface area contributed by atoms with E-state index < -0.39 is 0 Å². The quantitative estimate of drug-likeness (QED) is 0.266. The van der Waals surface area contributed by atoms with Crippen LogP contribution in [0.25, 0.3) is 32.3 Å². The molecule has 0 aromatic heterocycles. The molecule has 4 rings (SSSR count). The molecule has 0 N–H and O–H groups in total. The summed E-state index contributed by atoms with van der Waals surface area (Å²) in [6, 6.07) is 16.3. The van der Waals surface area contributed by atoms with Crippen molar-refractivity contribution in [3.05, 3.63) is 58.1 Å². The molecule has 0 saturated carbocycles. The lowest BCUT2D eigenvalue weighted by atomic mass is 9.81. The highest BCUT2D eigenvalue weighted by Crippen LogP contribution is 2.42. The highest BCUT2D eigenvalue weighted by Gasteiger charge is 2.20. The molecule has 0 aliphatic rings. The molecular weight excluding hydrogens is 368 g/mol. The lowest BCUT2D eigenvalue weighted by molar-refractivity contribution is 0.591. The van der Waals surface area contributed by atoms with Gasteiger partial charge >= 0.3 is 0 Å². The fourth-order valence-corrected chi connectivity index (χ4v) is 4.30. The first-order valence-electron chi connectivity index (χ1n) is 8.99. The molecule has 0 aliphatic heterocycles. The minimum absolute atomic E-state index is 0.142. The van der Waals surface area contributed by atoms with Crippen molar-refractivity contribution in [1.29, 1.82) is 0 Å². The number of benzene rings is 4. The van der Waals surface area contributed by atoms with Crippen LogP contribution in [0.3, 0.4) is 0 Å². The Kier molecular flexibility index (Phi) is 3.51. The second-order valence-corrected chi connectivity index (χ2v) is 10.2. The first kappa shape index (κ1) is 16.8. The number of rotatable bonds is 0. The zero-order valence-corrected chi connectivity index (χ0v) is 17.5. The Bertz CT molecular complexity index is 1100. The Morgan fingerprint density at radius 2 is 1.08 bits per heavy atom. The third-order valence-corrected chi connectivity index (χ3v) is 5.99. The van der Waals surface area contributed by atoms with E-state index in [1.54, 1.807) is 0 Å². The van der Waals surface area contributed by atoms with E-state index in [0.717, 1.165) is 0 Å². The van der Waals surface area contributed by atoms with Crippen LogP contribution in [0, 0.1) is 0 Å². The average molecular weight is 393 g/mol. The second kappa shape index (κ2) is 5.20. The van der Waals surface area contributed by atoms with Gasteiger partial charge in [-0.15, -0.1) is 0 Å². The second-order valence-electron chi connectivity index (χ2n) is 9.34. The summed E-state index contributed by atoms with van der Waals surface area (Å²) in [6.07, 6.45) is 0. The predicted molar refractivity (Wildman–Crippen MR) is 115 cm³/mol. The molecule has 0 unspecified atom stereocenters. The van der Waals surface area contributed by atoms with Gasteiger partial charge in [-0.1, -0.05) is 87.8 Å². The lowest BCUT2D eigenvalue weighted by Gasteiger charge is -2.24. The molecule has 1 heteroatoms. The van der Waals surface area contributed by atoms with E-state index in [1.807, 2.05) is 0 Å². The van der Waals surface area contributed by atoms with Gasteiger partial charge in [-0.2, -0.15) is 0 Å². The molecule has 0 saturated heterocycles. The Morgan fingerprint density at radius 1 is 0.600 bits per heavy atom. The summed E-state index contributed by atoms with van der Waals surface area (Å²) < 4.78 is 1.19. The first-order chi connectivity index (χ1) is 11.6. The van der Waals surface area contributed by atoms with Crippen molar-refractivity contribution in [3.63, 3.8) is 0 Å². The molecule has 0 nitrogen and oxygen atoms in total. The Labute approximate surface area is 158 Å². The summed E-state index contributed by atoms with van der Waals surface area (Å²) in [5.74, 6) is 0. The van der Waals surface area contributed by atoms with Gasteiger partial charge in [0.05, 0.1) is 0 Å². The lowest BCUT2D eigenvalue weighted by Crippen LogP contribution is -2.11. The van der Waals surface area contributed by atoms with E-state index in [1.165, 1.54) is 47.9 Å². The van der Waals surface area contributed by atoms with Crippen LogP contribution >= 0.6 is 15.9 Å². The third-order valence-electron chi connectivity index (χ3n) is 5.33. The van der Waals surface area contributed by atoms with E-state index in [4.69, 9.17) is 0 Å². The maximum absolute atomic E-state index is 3.85. The summed E-state index contributed by atoms with van der Waals surface area (Å²) in [6.45, 7) is 13.7. The van der Waals surface area contributed by atoms with Crippen molar-refractivity contribution in [3.8, 4) is 0 Å². The van der Waals surface area contributed by atoms with Gasteiger partial charge in [0.2, 0.25) is 0 Å². The molecule has 0 radical (unpaired) electrons. The average Bonchev–Trinajstić information content (AvgIpc) is 2.50. The summed E-state index contributed by atoms with van der Waals surface area (Å²) in [5.41, 5.74) is 3.06. The van der Waals surface area contributed by atoms with Crippen molar-refractivity contribution in [1.82, 2.24) is 0 Å². The predicted octanol–water partition coefficient (Wildman–Crippen LogP) is 7.94. The van der Waals surface area contributed by atoms with E-state index in [9.17, 15) is 0 Å². The molecule has 0 heterocycles. The summed E-state index contributed by atoms with van der Waals surface area (Å²) >= 11 is 3.85. The van der Waals surface area contributed by atoms with Gasteiger partial charge in [0.15, 0.2) is 0 Å². The maximum atomic E-state index is 3.85. The van der Waals surface area contributed by atoms with E-state index in [0.29, 0.717) is 0 Å². The van der Waals surface area contributed by atoms with Gasteiger partial charge in [0.1, 0.15) is 0 Å². The summed E-state index contributed by atoms with van der Waals surface area (Å²) in [7, 11) is 0. The van der Waals surface area contributed by atoms with Crippen LogP contribution in [0.5, 0.6) is 0 Å². The van der Waals surface area contributed by atoms with Crippen molar-refractivity contribution in [2.45, 2.75) is 52.4 Å². The van der Waals surface area contributed by atoms with Crippen LogP contribution in [0.2, 0.25) is 0 Å². The number of halogens is 1. The molecule has 128 valence electrons. The van der Waals surface area contributed by atoms with Crippen LogP contribution in [-0.2, 0) is 10.8 Å². The molecule has 0 aliphatic carbocycles. The molecule has 0 atom stereocenters. The van der Waals surface area contributed by atoms with Crippen LogP contribution in [0.15, 0.2) is 46.9 Å². The van der Waals surface area contributed by atoms with Crippen molar-refractivity contribution in [2.75, 3.05) is 0 Å². The van der Waals surface area contributed by atoms with Gasteiger partial charge in [-0.3, -0.25) is 0 Å². The van der Waals surface area contributed by atoms with E-state index >= 15 is 0 Å². The first-order valence-corrected chi connectivity index (χ1v) is 9.78. The maximum Gasteiger partial charge on any atom is 0.0260 e.